The zero-order chi connectivity index (χ0) is 20.8. The minimum atomic E-state index is -0.720. The normalized spacial score (nSPS) is 23.9. The molecule has 0 bridgehead atoms. The number of benzene rings is 1. The van der Waals surface area contributed by atoms with Gasteiger partial charge in [-0.25, -0.2) is 8.78 Å². The highest BCUT2D eigenvalue weighted by molar-refractivity contribution is 5.76. The van der Waals surface area contributed by atoms with Crippen molar-refractivity contribution in [3.63, 3.8) is 0 Å². The number of nitrogens with zero attached hydrogens (tertiary/aromatic N) is 2. The predicted octanol–water partition coefficient (Wildman–Crippen LogP) is 3.47. The fourth-order valence-electron chi connectivity index (χ4n) is 4.32. The molecule has 5 nitrogen and oxygen atoms in total. The standard InChI is InChI=1S/C22H32F2N2O3/c1-16-13-25(14-17(2)29-16)15-18-7-9-26(10-8-18)22(27)4-3-11-28-21-6-5-19(23)12-20(21)24/h5-6,12,16-18H,3-4,7-11,13-15H2,1-2H3. The summed E-state index contributed by atoms with van der Waals surface area (Å²) in [5.74, 6) is -0.582. The number of hydrogen-bond donors (Lipinski definition) is 0. The van der Waals surface area contributed by atoms with Crippen LogP contribution in [0.2, 0.25) is 0 Å². The number of morpholine rings is 1. The molecule has 0 aliphatic carbocycles. The van der Waals surface area contributed by atoms with E-state index in [1.165, 1.54) is 6.07 Å². The van der Waals surface area contributed by atoms with Gasteiger partial charge in [0.2, 0.25) is 5.91 Å². The van der Waals surface area contributed by atoms with Crippen molar-refractivity contribution in [2.45, 2.75) is 51.7 Å². The molecule has 1 aromatic carbocycles. The molecule has 1 amide bonds. The first kappa shape index (κ1) is 22.0. The van der Waals surface area contributed by atoms with Crippen LogP contribution in [-0.2, 0) is 9.53 Å². The van der Waals surface area contributed by atoms with Crippen LogP contribution in [0.15, 0.2) is 18.2 Å². The van der Waals surface area contributed by atoms with E-state index in [1.807, 2.05) is 4.90 Å². The lowest BCUT2D eigenvalue weighted by Gasteiger charge is -2.39. The number of carbonyl (C=O) groups excluding carboxylic acids is 1. The lowest BCUT2D eigenvalue weighted by molar-refractivity contribution is -0.133. The van der Waals surface area contributed by atoms with E-state index in [2.05, 4.69) is 18.7 Å². The van der Waals surface area contributed by atoms with Crippen molar-refractivity contribution in [3.8, 4) is 5.75 Å². The third-order valence-corrected chi connectivity index (χ3v) is 5.67. The summed E-state index contributed by atoms with van der Waals surface area (Å²) in [5, 5.41) is 0. The summed E-state index contributed by atoms with van der Waals surface area (Å²) in [7, 11) is 0. The van der Waals surface area contributed by atoms with E-state index < -0.39 is 11.6 Å². The van der Waals surface area contributed by atoms with Crippen LogP contribution in [-0.4, -0.2) is 67.2 Å². The Labute approximate surface area is 171 Å². The lowest BCUT2D eigenvalue weighted by Crippen LogP contribution is -2.48. The minimum Gasteiger partial charge on any atom is -0.491 e. The van der Waals surface area contributed by atoms with E-state index in [0.29, 0.717) is 18.8 Å². The Morgan fingerprint density at radius 2 is 1.86 bits per heavy atom. The molecular formula is C22H32F2N2O3. The first-order valence-electron chi connectivity index (χ1n) is 10.6. The fraction of sp³-hybridized carbons (Fsp3) is 0.682. The molecular weight excluding hydrogens is 378 g/mol. The number of carbonyl (C=O) groups is 1. The minimum absolute atomic E-state index is 0.0198. The average Bonchev–Trinajstić information content (AvgIpc) is 2.66. The molecule has 0 N–H and O–H groups in total. The van der Waals surface area contributed by atoms with Crippen LogP contribution in [0.4, 0.5) is 8.78 Å². The number of halogens is 2. The van der Waals surface area contributed by atoms with Crippen LogP contribution < -0.4 is 4.74 Å². The summed E-state index contributed by atoms with van der Waals surface area (Å²) in [6.45, 7) is 9.13. The summed E-state index contributed by atoms with van der Waals surface area (Å²) >= 11 is 0. The van der Waals surface area contributed by atoms with Crippen LogP contribution >= 0.6 is 0 Å². The highest BCUT2D eigenvalue weighted by Gasteiger charge is 2.27. The zero-order valence-corrected chi connectivity index (χ0v) is 17.4. The number of rotatable bonds is 7. The van der Waals surface area contributed by atoms with Gasteiger partial charge in [-0.1, -0.05) is 0 Å². The Morgan fingerprint density at radius 1 is 1.17 bits per heavy atom. The van der Waals surface area contributed by atoms with Crippen LogP contribution in [0, 0.1) is 17.6 Å². The van der Waals surface area contributed by atoms with Crippen LogP contribution in [0.1, 0.15) is 39.5 Å². The second-order valence-corrected chi connectivity index (χ2v) is 8.33. The van der Waals surface area contributed by atoms with E-state index in [4.69, 9.17) is 9.47 Å². The Kier molecular flexibility index (Phi) is 7.84. The maximum Gasteiger partial charge on any atom is 0.222 e. The number of ether oxygens (including phenoxy) is 2. The van der Waals surface area contributed by atoms with Gasteiger partial charge in [0.1, 0.15) is 5.82 Å². The topological polar surface area (TPSA) is 42.0 Å². The first-order chi connectivity index (χ1) is 13.9. The molecule has 7 heteroatoms. The first-order valence-corrected chi connectivity index (χ1v) is 10.6. The van der Waals surface area contributed by atoms with Gasteiger partial charge in [-0.15, -0.1) is 0 Å². The Bertz CT molecular complexity index is 670. The SMILES string of the molecule is CC1CN(CC2CCN(C(=O)CCCOc3ccc(F)cc3F)CC2)CC(C)O1. The molecule has 2 aliphatic heterocycles. The van der Waals surface area contributed by atoms with Crippen molar-refractivity contribution in [3.05, 3.63) is 29.8 Å². The quantitative estimate of drug-likeness (QED) is 0.646. The van der Waals surface area contributed by atoms with Crippen LogP contribution in [0.3, 0.4) is 0 Å². The predicted molar refractivity (Wildman–Crippen MR) is 107 cm³/mol. The average molecular weight is 411 g/mol. The summed E-state index contributed by atoms with van der Waals surface area (Å²) in [5.41, 5.74) is 0. The van der Waals surface area contributed by atoms with Gasteiger partial charge in [-0.2, -0.15) is 0 Å². The van der Waals surface area contributed by atoms with Gasteiger partial charge in [-0.05, 0) is 51.2 Å². The van der Waals surface area contributed by atoms with Crippen molar-refractivity contribution < 1.29 is 23.0 Å². The van der Waals surface area contributed by atoms with Crippen molar-refractivity contribution in [1.82, 2.24) is 9.80 Å². The van der Waals surface area contributed by atoms with E-state index in [9.17, 15) is 13.6 Å². The van der Waals surface area contributed by atoms with Gasteiger partial charge in [0, 0.05) is 45.2 Å². The number of amides is 1. The van der Waals surface area contributed by atoms with Gasteiger partial charge >= 0.3 is 0 Å². The van der Waals surface area contributed by atoms with Gasteiger partial charge in [0.05, 0.1) is 18.8 Å². The van der Waals surface area contributed by atoms with Crippen LogP contribution in [0.25, 0.3) is 0 Å². The monoisotopic (exact) mass is 410 g/mol. The van der Waals surface area contributed by atoms with E-state index in [0.717, 1.165) is 57.7 Å². The lowest BCUT2D eigenvalue weighted by atomic mass is 9.95. The molecule has 29 heavy (non-hydrogen) atoms. The molecule has 2 unspecified atom stereocenters. The van der Waals surface area contributed by atoms with E-state index in [-0.39, 0.29) is 30.5 Å². The van der Waals surface area contributed by atoms with Gasteiger partial charge in [0.15, 0.2) is 11.6 Å². The van der Waals surface area contributed by atoms with Gasteiger partial charge < -0.3 is 14.4 Å². The smallest absolute Gasteiger partial charge is 0.222 e. The Hall–Kier alpha value is -1.73. The maximum absolute atomic E-state index is 13.5. The molecule has 2 heterocycles. The maximum atomic E-state index is 13.5. The van der Waals surface area contributed by atoms with Gasteiger partial charge in [0.25, 0.3) is 0 Å². The van der Waals surface area contributed by atoms with Crippen molar-refractivity contribution >= 4 is 5.91 Å². The van der Waals surface area contributed by atoms with E-state index >= 15 is 0 Å². The van der Waals surface area contributed by atoms with Gasteiger partial charge in [-0.3, -0.25) is 9.69 Å². The molecule has 3 rings (SSSR count). The molecule has 0 aromatic heterocycles. The third-order valence-electron chi connectivity index (χ3n) is 5.67. The summed E-state index contributed by atoms with van der Waals surface area (Å²) in [6.07, 6.45) is 3.52. The molecule has 2 atom stereocenters. The molecule has 0 radical (unpaired) electrons. The molecule has 2 fully saturated rings. The highest BCUT2D eigenvalue weighted by Crippen LogP contribution is 2.22. The molecule has 2 aliphatic rings. The number of piperidine rings is 1. The molecule has 0 spiro atoms. The fourth-order valence-corrected chi connectivity index (χ4v) is 4.32. The highest BCUT2D eigenvalue weighted by atomic mass is 19.1. The molecule has 0 saturated carbocycles. The second-order valence-electron chi connectivity index (χ2n) is 8.33. The van der Waals surface area contributed by atoms with E-state index in [1.54, 1.807) is 0 Å². The van der Waals surface area contributed by atoms with Crippen molar-refractivity contribution in [2.24, 2.45) is 5.92 Å². The number of hydrogen-bond acceptors (Lipinski definition) is 4. The summed E-state index contributed by atoms with van der Waals surface area (Å²) in [4.78, 5) is 16.8. The molecule has 162 valence electrons. The second kappa shape index (κ2) is 10.3. The van der Waals surface area contributed by atoms with Crippen molar-refractivity contribution in [1.29, 1.82) is 0 Å². The van der Waals surface area contributed by atoms with Crippen LogP contribution in [0.5, 0.6) is 5.75 Å². The van der Waals surface area contributed by atoms with Crippen molar-refractivity contribution in [2.75, 3.05) is 39.3 Å². The largest absolute Gasteiger partial charge is 0.491 e. The Morgan fingerprint density at radius 3 is 2.52 bits per heavy atom. The number of likely N-dealkylation sites (tertiary alicyclic amines) is 1. The third kappa shape index (κ3) is 6.64. The summed E-state index contributed by atoms with van der Waals surface area (Å²) < 4.78 is 37.5. The molecule has 1 aromatic rings. The zero-order valence-electron chi connectivity index (χ0n) is 17.4. The Balaban J connectivity index is 1.32. The molecule has 2 saturated heterocycles. The summed E-state index contributed by atoms with van der Waals surface area (Å²) in [6, 6.07) is 3.22.